The van der Waals surface area contributed by atoms with Crippen LogP contribution in [0.4, 0.5) is 0 Å². The maximum Gasteiger partial charge on any atom is 0.107 e. The van der Waals surface area contributed by atoms with Crippen LogP contribution in [-0.4, -0.2) is 28.0 Å². The molecule has 1 aliphatic heterocycles. The molecule has 17 heavy (non-hydrogen) atoms. The van der Waals surface area contributed by atoms with Crippen LogP contribution in [-0.2, 0) is 6.42 Å². The van der Waals surface area contributed by atoms with Gasteiger partial charge in [0.05, 0.1) is 17.2 Å². The Labute approximate surface area is 101 Å². The summed E-state index contributed by atoms with van der Waals surface area (Å²) in [5.41, 5.74) is 2.07. The van der Waals surface area contributed by atoms with Crippen molar-refractivity contribution in [1.29, 1.82) is 0 Å². The van der Waals surface area contributed by atoms with Gasteiger partial charge < -0.3 is 10.3 Å². The Kier molecular flexibility index (Phi) is 3.05. The van der Waals surface area contributed by atoms with E-state index < -0.39 is 0 Å². The molecule has 1 unspecified atom stereocenters. The summed E-state index contributed by atoms with van der Waals surface area (Å²) in [6, 6.07) is 1.96. The van der Waals surface area contributed by atoms with Crippen molar-refractivity contribution in [3.05, 3.63) is 24.3 Å². The van der Waals surface area contributed by atoms with Crippen LogP contribution >= 0.6 is 0 Å². The summed E-state index contributed by atoms with van der Waals surface area (Å²) in [6.45, 7) is 2.36. The summed E-state index contributed by atoms with van der Waals surface area (Å²) in [5.74, 6) is 1.91. The molecule has 4 heteroatoms. The molecule has 1 saturated heterocycles. The minimum atomic E-state index is 0.815. The predicted molar refractivity (Wildman–Crippen MR) is 67.8 cm³/mol. The van der Waals surface area contributed by atoms with E-state index >= 15 is 0 Å². The van der Waals surface area contributed by atoms with E-state index in [-0.39, 0.29) is 0 Å². The molecule has 0 bridgehead atoms. The number of fused-ring (bicyclic) bond motifs is 1. The van der Waals surface area contributed by atoms with Crippen LogP contribution in [0.3, 0.4) is 0 Å². The first-order chi connectivity index (χ1) is 8.42. The summed E-state index contributed by atoms with van der Waals surface area (Å²) in [6.07, 6.45) is 8.57. The molecule has 3 rings (SSSR count). The molecular formula is C13H18N4. The first kappa shape index (κ1) is 10.7. The Bertz CT molecular complexity index is 452. The third-order valence-electron chi connectivity index (χ3n) is 3.52. The lowest BCUT2D eigenvalue weighted by Crippen LogP contribution is -2.29. The zero-order valence-corrected chi connectivity index (χ0v) is 9.95. The number of H-pyrrole nitrogens is 1. The second-order valence-corrected chi connectivity index (χ2v) is 4.83. The predicted octanol–water partition coefficient (Wildman–Crippen LogP) is 1.89. The summed E-state index contributed by atoms with van der Waals surface area (Å²) in [4.78, 5) is 12.0. The second kappa shape index (κ2) is 4.84. The Morgan fingerprint density at radius 1 is 1.41 bits per heavy atom. The topological polar surface area (TPSA) is 53.6 Å². The zero-order chi connectivity index (χ0) is 11.5. The number of aromatic amines is 1. The Balaban J connectivity index is 1.64. The molecule has 1 fully saturated rings. The maximum atomic E-state index is 4.58. The van der Waals surface area contributed by atoms with Gasteiger partial charge in [0, 0.05) is 12.6 Å². The largest absolute Gasteiger partial charge is 0.341 e. The van der Waals surface area contributed by atoms with Crippen molar-refractivity contribution in [3.8, 4) is 0 Å². The number of aryl methyl sites for hydroxylation is 1. The number of imidazole rings is 1. The molecule has 0 radical (unpaired) electrons. The fourth-order valence-corrected chi connectivity index (χ4v) is 2.54. The highest BCUT2D eigenvalue weighted by molar-refractivity contribution is 5.73. The third-order valence-corrected chi connectivity index (χ3v) is 3.52. The summed E-state index contributed by atoms with van der Waals surface area (Å²) < 4.78 is 0. The normalized spacial score (nSPS) is 20.8. The summed E-state index contributed by atoms with van der Waals surface area (Å²) in [7, 11) is 0. The van der Waals surface area contributed by atoms with Gasteiger partial charge in [-0.1, -0.05) is 0 Å². The van der Waals surface area contributed by atoms with Crippen molar-refractivity contribution in [3.63, 3.8) is 0 Å². The smallest absolute Gasteiger partial charge is 0.107 e. The van der Waals surface area contributed by atoms with Crippen molar-refractivity contribution in [2.45, 2.75) is 25.7 Å². The number of aromatic nitrogens is 3. The molecule has 2 aromatic heterocycles. The maximum absolute atomic E-state index is 4.58. The third kappa shape index (κ3) is 2.47. The Morgan fingerprint density at radius 2 is 2.41 bits per heavy atom. The summed E-state index contributed by atoms with van der Waals surface area (Å²) in [5, 5.41) is 3.46. The van der Waals surface area contributed by atoms with Crippen molar-refractivity contribution >= 4 is 11.0 Å². The van der Waals surface area contributed by atoms with Crippen LogP contribution in [0.5, 0.6) is 0 Å². The first-order valence-corrected chi connectivity index (χ1v) is 6.41. The minimum absolute atomic E-state index is 0.815. The van der Waals surface area contributed by atoms with E-state index in [1.54, 1.807) is 6.20 Å². The second-order valence-electron chi connectivity index (χ2n) is 4.83. The average molecular weight is 230 g/mol. The van der Waals surface area contributed by atoms with Crippen LogP contribution in [0.15, 0.2) is 18.5 Å². The number of hydrogen-bond donors (Lipinski definition) is 2. The zero-order valence-electron chi connectivity index (χ0n) is 9.95. The molecule has 0 saturated carbocycles. The first-order valence-electron chi connectivity index (χ1n) is 6.41. The van der Waals surface area contributed by atoms with E-state index in [1.165, 1.54) is 32.4 Å². The number of nitrogens with one attached hydrogen (secondary N) is 2. The van der Waals surface area contributed by atoms with Gasteiger partial charge >= 0.3 is 0 Å². The van der Waals surface area contributed by atoms with Crippen molar-refractivity contribution in [1.82, 2.24) is 20.3 Å². The lowest BCUT2D eigenvalue weighted by atomic mass is 9.95. The van der Waals surface area contributed by atoms with Crippen LogP contribution in [0.2, 0.25) is 0 Å². The van der Waals surface area contributed by atoms with Crippen molar-refractivity contribution in [2.75, 3.05) is 13.1 Å². The van der Waals surface area contributed by atoms with Crippen LogP contribution in [0.1, 0.15) is 25.1 Å². The fourth-order valence-electron chi connectivity index (χ4n) is 2.54. The number of pyridine rings is 1. The van der Waals surface area contributed by atoms with Crippen molar-refractivity contribution < 1.29 is 0 Å². The molecule has 90 valence electrons. The number of piperidine rings is 1. The van der Waals surface area contributed by atoms with Crippen LogP contribution in [0.25, 0.3) is 11.0 Å². The number of rotatable bonds is 3. The van der Waals surface area contributed by atoms with E-state index in [2.05, 4.69) is 20.3 Å². The van der Waals surface area contributed by atoms with Gasteiger partial charge in [0.2, 0.25) is 0 Å². The van der Waals surface area contributed by atoms with Gasteiger partial charge in [-0.05, 0) is 44.3 Å². The lowest BCUT2D eigenvalue weighted by molar-refractivity contribution is 0.356. The fraction of sp³-hybridized carbons (Fsp3) is 0.538. The summed E-state index contributed by atoms with van der Waals surface area (Å²) >= 11 is 0. The van der Waals surface area contributed by atoms with Gasteiger partial charge in [0.25, 0.3) is 0 Å². The minimum Gasteiger partial charge on any atom is -0.341 e. The standard InChI is InChI=1S/C13H18N4/c1-2-10(8-14-6-1)3-4-13-16-11-5-7-15-9-12(11)17-13/h5,7,9-10,14H,1-4,6,8H2,(H,16,17). The molecule has 1 aliphatic rings. The quantitative estimate of drug-likeness (QED) is 0.846. The van der Waals surface area contributed by atoms with Gasteiger partial charge in [-0.3, -0.25) is 4.98 Å². The highest BCUT2D eigenvalue weighted by Gasteiger charge is 2.13. The van der Waals surface area contributed by atoms with E-state index in [4.69, 9.17) is 0 Å². The van der Waals surface area contributed by atoms with E-state index in [0.29, 0.717) is 0 Å². The monoisotopic (exact) mass is 230 g/mol. The molecule has 0 spiro atoms. The molecule has 3 heterocycles. The number of hydrogen-bond acceptors (Lipinski definition) is 3. The van der Waals surface area contributed by atoms with Gasteiger partial charge in [0.1, 0.15) is 5.82 Å². The van der Waals surface area contributed by atoms with Crippen LogP contribution in [0, 0.1) is 5.92 Å². The van der Waals surface area contributed by atoms with Gasteiger partial charge in [-0.25, -0.2) is 4.98 Å². The van der Waals surface area contributed by atoms with Crippen molar-refractivity contribution in [2.24, 2.45) is 5.92 Å². The average Bonchev–Trinajstić information content (AvgIpc) is 2.80. The molecule has 0 aromatic carbocycles. The molecule has 0 aliphatic carbocycles. The van der Waals surface area contributed by atoms with Gasteiger partial charge in [-0.15, -0.1) is 0 Å². The van der Waals surface area contributed by atoms with Gasteiger partial charge in [0.15, 0.2) is 0 Å². The van der Waals surface area contributed by atoms with Crippen LogP contribution < -0.4 is 5.32 Å². The lowest BCUT2D eigenvalue weighted by Gasteiger charge is -2.22. The molecule has 2 aromatic rings. The van der Waals surface area contributed by atoms with E-state index in [9.17, 15) is 0 Å². The van der Waals surface area contributed by atoms with E-state index in [0.717, 1.165) is 29.2 Å². The molecule has 4 nitrogen and oxygen atoms in total. The SMILES string of the molecule is c1cc2nc(CCC3CCCNC3)[nH]c2cn1. The van der Waals surface area contributed by atoms with E-state index in [1.807, 2.05) is 12.3 Å². The highest BCUT2D eigenvalue weighted by atomic mass is 14.9. The molecule has 2 N–H and O–H groups in total. The Morgan fingerprint density at radius 3 is 3.24 bits per heavy atom. The van der Waals surface area contributed by atoms with Gasteiger partial charge in [-0.2, -0.15) is 0 Å². The highest BCUT2D eigenvalue weighted by Crippen LogP contribution is 2.17. The molecular weight excluding hydrogens is 212 g/mol. The Hall–Kier alpha value is -1.42. The number of nitrogens with zero attached hydrogens (tertiary/aromatic N) is 2. The molecule has 0 amide bonds. The molecule has 1 atom stereocenters.